The third-order valence-corrected chi connectivity index (χ3v) is 5.65. The van der Waals surface area contributed by atoms with Gasteiger partial charge in [-0.05, 0) is 29.2 Å². The Hall–Kier alpha value is -4.58. The number of ether oxygens (including phenoxy) is 1. The fourth-order valence-corrected chi connectivity index (χ4v) is 3.99. The minimum atomic E-state index is -1.24. The topological polar surface area (TPSA) is 131 Å². The number of carboxylic acid groups (broad SMARTS) is 1. The molecule has 0 saturated heterocycles. The molecule has 4 rings (SSSR count). The Bertz CT molecular complexity index is 1270. The van der Waals surface area contributed by atoms with Crippen molar-refractivity contribution in [1.82, 2.24) is 15.8 Å². The Morgan fingerprint density at radius 1 is 1.11 bits per heavy atom. The summed E-state index contributed by atoms with van der Waals surface area (Å²) in [5.74, 6) is 3.78. The van der Waals surface area contributed by atoms with Gasteiger partial charge in [0.05, 0.1) is 6.54 Å². The molecule has 0 spiro atoms. The first-order valence-corrected chi connectivity index (χ1v) is 11.0. The van der Waals surface area contributed by atoms with Crippen LogP contribution in [-0.2, 0) is 16.1 Å². The van der Waals surface area contributed by atoms with E-state index in [-0.39, 0.29) is 36.9 Å². The van der Waals surface area contributed by atoms with Crippen LogP contribution in [0.3, 0.4) is 0 Å². The van der Waals surface area contributed by atoms with Crippen molar-refractivity contribution in [2.45, 2.75) is 31.8 Å². The van der Waals surface area contributed by atoms with E-state index in [4.69, 9.17) is 14.4 Å². The summed E-state index contributed by atoms with van der Waals surface area (Å²) in [6.45, 7) is 1.65. The number of nitrogens with zero attached hydrogens (tertiary/aromatic N) is 1. The second-order valence-corrected chi connectivity index (χ2v) is 7.85. The summed E-state index contributed by atoms with van der Waals surface area (Å²) in [5.41, 5.74) is 4.14. The number of aromatic nitrogens is 1. The van der Waals surface area contributed by atoms with E-state index in [0.29, 0.717) is 0 Å². The first kappa shape index (κ1) is 23.6. The molecule has 2 amide bonds. The highest BCUT2D eigenvalue weighted by Crippen LogP contribution is 2.44. The zero-order chi connectivity index (χ0) is 24.8. The molecule has 1 unspecified atom stereocenters. The van der Waals surface area contributed by atoms with Crippen molar-refractivity contribution in [2.75, 3.05) is 6.61 Å². The fraction of sp³-hybridized carbons (Fsp3) is 0.231. The van der Waals surface area contributed by atoms with Gasteiger partial charge in [-0.25, -0.2) is 9.59 Å². The van der Waals surface area contributed by atoms with Gasteiger partial charge >= 0.3 is 12.1 Å². The summed E-state index contributed by atoms with van der Waals surface area (Å²) in [4.78, 5) is 36.2. The molecule has 3 aromatic rings. The molecular formula is C26H23N3O6. The van der Waals surface area contributed by atoms with Crippen LogP contribution in [0, 0.1) is 11.8 Å². The number of carboxylic acids is 1. The maximum absolute atomic E-state index is 12.7. The van der Waals surface area contributed by atoms with Crippen molar-refractivity contribution in [3.63, 3.8) is 0 Å². The van der Waals surface area contributed by atoms with Gasteiger partial charge in [-0.2, -0.15) is 0 Å². The highest BCUT2D eigenvalue weighted by Gasteiger charge is 2.29. The van der Waals surface area contributed by atoms with Gasteiger partial charge in [0.15, 0.2) is 11.5 Å². The molecule has 9 heteroatoms. The molecule has 3 N–H and O–H groups in total. The first-order valence-electron chi connectivity index (χ1n) is 11.0. The van der Waals surface area contributed by atoms with Gasteiger partial charge < -0.3 is 25.0 Å². The van der Waals surface area contributed by atoms with Crippen LogP contribution in [-0.4, -0.2) is 40.9 Å². The summed E-state index contributed by atoms with van der Waals surface area (Å²) >= 11 is 0. The number of rotatable bonds is 8. The average molecular weight is 473 g/mol. The normalized spacial score (nSPS) is 12.5. The van der Waals surface area contributed by atoms with Crippen LogP contribution in [0.2, 0.25) is 0 Å². The summed E-state index contributed by atoms with van der Waals surface area (Å²) < 4.78 is 10.4. The smallest absolute Gasteiger partial charge is 0.407 e. The summed E-state index contributed by atoms with van der Waals surface area (Å²) in [5, 5.41) is 17.5. The number of carbonyl (C=O) groups is 3. The summed E-state index contributed by atoms with van der Waals surface area (Å²) in [6.07, 6.45) is -0.665. The second kappa shape index (κ2) is 10.6. The predicted molar refractivity (Wildman–Crippen MR) is 125 cm³/mol. The molecule has 178 valence electrons. The van der Waals surface area contributed by atoms with Gasteiger partial charge in [-0.1, -0.05) is 53.7 Å². The number of alkyl carbamates (subject to hydrolysis) is 1. The van der Waals surface area contributed by atoms with Gasteiger partial charge in [0.2, 0.25) is 5.91 Å². The largest absolute Gasteiger partial charge is 0.476 e. The van der Waals surface area contributed by atoms with Crippen LogP contribution >= 0.6 is 0 Å². The predicted octanol–water partition coefficient (Wildman–Crippen LogP) is 3.31. The zero-order valence-electron chi connectivity index (χ0n) is 18.9. The quantitative estimate of drug-likeness (QED) is 0.428. The molecule has 9 nitrogen and oxygen atoms in total. The Labute approximate surface area is 201 Å². The lowest BCUT2D eigenvalue weighted by atomic mass is 9.98. The third-order valence-electron chi connectivity index (χ3n) is 5.65. The molecular weight excluding hydrogens is 450 g/mol. The van der Waals surface area contributed by atoms with Crippen molar-refractivity contribution in [2.24, 2.45) is 0 Å². The Morgan fingerprint density at radius 2 is 1.77 bits per heavy atom. The van der Waals surface area contributed by atoms with Crippen molar-refractivity contribution in [1.29, 1.82) is 0 Å². The number of hydrogen-bond acceptors (Lipinski definition) is 6. The number of benzene rings is 2. The van der Waals surface area contributed by atoms with E-state index in [1.807, 2.05) is 48.5 Å². The number of hydrogen-bond donors (Lipinski definition) is 3. The number of amides is 2. The lowest BCUT2D eigenvalue weighted by molar-refractivity contribution is -0.123. The van der Waals surface area contributed by atoms with Crippen molar-refractivity contribution in [3.05, 3.63) is 77.2 Å². The van der Waals surface area contributed by atoms with Crippen LogP contribution in [0.15, 0.2) is 59.1 Å². The number of nitrogens with one attached hydrogen (secondary N) is 2. The fourth-order valence-electron chi connectivity index (χ4n) is 3.99. The summed E-state index contributed by atoms with van der Waals surface area (Å²) in [6, 6.07) is 16.2. The van der Waals surface area contributed by atoms with Gasteiger partial charge in [-0.15, -0.1) is 11.8 Å². The number of carbonyl (C=O) groups excluding carboxylic acids is 2. The highest BCUT2D eigenvalue weighted by atomic mass is 16.5. The van der Waals surface area contributed by atoms with Crippen LogP contribution in [0.4, 0.5) is 4.79 Å². The van der Waals surface area contributed by atoms with E-state index in [2.05, 4.69) is 27.6 Å². The van der Waals surface area contributed by atoms with E-state index in [1.54, 1.807) is 6.92 Å². The maximum Gasteiger partial charge on any atom is 0.407 e. The molecule has 1 aliphatic rings. The molecule has 0 saturated carbocycles. The van der Waals surface area contributed by atoms with E-state index in [9.17, 15) is 14.4 Å². The molecule has 0 fully saturated rings. The van der Waals surface area contributed by atoms with Crippen LogP contribution in [0.5, 0.6) is 0 Å². The van der Waals surface area contributed by atoms with Crippen molar-refractivity contribution in [3.8, 4) is 23.0 Å². The highest BCUT2D eigenvalue weighted by molar-refractivity contribution is 5.86. The van der Waals surface area contributed by atoms with E-state index in [1.165, 1.54) is 6.07 Å². The number of fused-ring (bicyclic) bond motifs is 3. The lowest BCUT2D eigenvalue weighted by Gasteiger charge is -2.18. The zero-order valence-corrected chi connectivity index (χ0v) is 18.9. The van der Waals surface area contributed by atoms with Crippen LogP contribution in [0.1, 0.15) is 46.6 Å². The van der Waals surface area contributed by atoms with E-state index in [0.717, 1.165) is 22.3 Å². The third kappa shape index (κ3) is 5.33. The average Bonchev–Trinajstić information content (AvgIpc) is 3.47. The van der Waals surface area contributed by atoms with Gasteiger partial charge in [0.1, 0.15) is 12.6 Å². The number of aromatic carboxylic acids is 1. The molecule has 1 aliphatic carbocycles. The van der Waals surface area contributed by atoms with Crippen LogP contribution < -0.4 is 10.6 Å². The molecule has 0 radical (unpaired) electrons. The van der Waals surface area contributed by atoms with Gasteiger partial charge in [0, 0.05) is 18.4 Å². The lowest BCUT2D eigenvalue weighted by Crippen LogP contribution is -2.46. The molecule has 1 heterocycles. The van der Waals surface area contributed by atoms with E-state index >= 15 is 0 Å². The molecule has 0 bridgehead atoms. The molecule has 0 aliphatic heterocycles. The Morgan fingerprint density at radius 3 is 2.37 bits per heavy atom. The van der Waals surface area contributed by atoms with E-state index < -0.39 is 24.0 Å². The van der Waals surface area contributed by atoms with Gasteiger partial charge in [0.25, 0.3) is 0 Å². The Balaban J connectivity index is 1.37. The van der Waals surface area contributed by atoms with Crippen molar-refractivity contribution >= 4 is 18.0 Å². The Kier molecular flexibility index (Phi) is 7.12. The molecule has 1 atom stereocenters. The molecule has 35 heavy (non-hydrogen) atoms. The maximum atomic E-state index is 12.7. The van der Waals surface area contributed by atoms with Gasteiger partial charge in [-0.3, -0.25) is 4.79 Å². The monoisotopic (exact) mass is 473 g/mol. The molecule has 1 aromatic heterocycles. The minimum absolute atomic E-state index is 0.0727. The van der Waals surface area contributed by atoms with Crippen LogP contribution in [0.25, 0.3) is 11.1 Å². The summed E-state index contributed by atoms with van der Waals surface area (Å²) in [7, 11) is 0. The first-order chi connectivity index (χ1) is 17.0. The second-order valence-electron chi connectivity index (χ2n) is 7.85. The molecule has 2 aromatic carbocycles. The van der Waals surface area contributed by atoms with Crippen molar-refractivity contribution < 1.29 is 28.8 Å². The minimum Gasteiger partial charge on any atom is -0.476 e. The standard InChI is InChI=1S/C26H23N3O6/c1-2-3-12-22(24(30)27-14-16-13-23(25(31)32)29-35-16)28-26(33)34-15-21-19-10-6-4-8-17(19)18-9-5-7-11-20(18)21/h4-11,13,21-22H,12,14-15H2,1H3,(H,27,30)(H,28,33)(H,31,32). The SMILES string of the molecule is CC#CCC(NC(=O)OCC1c2ccccc2-c2ccccc21)C(=O)NCc1cc(C(=O)O)no1.